The molecule has 0 amide bonds. The highest BCUT2D eigenvalue weighted by Crippen LogP contribution is 2.27. The maximum atomic E-state index is 8.94. The van der Waals surface area contributed by atoms with E-state index >= 15 is 0 Å². The van der Waals surface area contributed by atoms with Crippen LogP contribution < -0.4 is 10.1 Å². The first-order valence-electron chi connectivity index (χ1n) is 11.4. The summed E-state index contributed by atoms with van der Waals surface area (Å²) in [5.41, 5.74) is 4.44. The molecule has 0 bridgehead atoms. The number of ether oxygens (including phenoxy) is 2. The minimum Gasteiger partial charge on any atom is -0.457 e. The summed E-state index contributed by atoms with van der Waals surface area (Å²) in [7, 11) is 0. The van der Waals surface area contributed by atoms with E-state index in [0.29, 0.717) is 30.5 Å². The molecule has 5 rings (SSSR count). The van der Waals surface area contributed by atoms with Crippen LogP contribution in [0.4, 0.5) is 5.95 Å². The van der Waals surface area contributed by atoms with Crippen molar-refractivity contribution in [1.82, 2.24) is 9.55 Å². The van der Waals surface area contributed by atoms with Crippen LogP contribution in [0.2, 0.25) is 5.02 Å². The molecule has 1 aliphatic rings. The Labute approximate surface area is 203 Å². The molecule has 1 saturated heterocycles. The molecule has 0 aliphatic carbocycles. The van der Waals surface area contributed by atoms with Gasteiger partial charge in [0.1, 0.15) is 11.5 Å². The molecule has 0 spiro atoms. The Balaban J connectivity index is 1.38. The predicted octanol–water partition coefficient (Wildman–Crippen LogP) is 6.04. The van der Waals surface area contributed by atoms with Crippen molar-refractivity contribution in [2.24, 2.45) is 5.92 Å². The van der Waals surface area contributed by atoms with Crippen LogP contribution in [-0.4, -0.2) is 29.3 Å². The van der Waals surface area contributed by atoms with E-state index in [0.717, 1.165) is 53.7 Å². The minimum absolute atomic E-state index is 0.423. The van der Waals surface area contributed by atoms with Gasteiger partial charge in [-0.1, -0.05) is 29.8 Å². The number of anilines is 1. The molecule has 1 fully saturated rings. The van der Waals surface area contributed by atoms with Gasteiger partial charge in [0, 0.05) is 17.5 Å². The Morgan fingerprint density at radius 3 is 2.41 bits per heavy atom. The number of hydrogen-bond acceptors (Lipinski definition) is 5. The third kappa shape index (κ3) is 5.17. The minimum atomic E-state index is 0.423. The van der Waals surface area contributed by atoms with Gasteiger partial charge in [-0.25, -0.2) is 4.98 Å². The number of rotatable bonds is 9. The summed E-state index contributed by atoms with van der Waals surface area (Å²) in [6.45, 7) is 2.88. The molecule has 0 atom stereocenters. The molecular weight excluding hydrogens is 448 g/mol. The fourth-order valence-electron chi connectivity index (χ4n) is 4.04. The number of fused-ring (bicyclic) bond motifs is 1. The number of imidazole rings is 1. The average molecular weight is 473 g/mol. The van der Waals surface area contributed by atoms with E-state index in [1.807, 2.05) is 36.4 Å². The number of nitriles is 1. The molecule has 1 aliphatic heterocycles. The summed E-state index contributed by atoms with van der Waals surface area (Å²) in [4.78, 5) is 4.80. The van der Waals surface area contributed by atoms with Crippen molar-refractivity contribution >= 4 is 28.6 Å². The van der Waals surface area contributed by atoms with Gasteiger partial charge in [0.2, 0.25) is 5.95 Å². The fraction of sp³-hybridized carbons (Fsp3) is 0.259. The second-order valence-corrected chi connectivity index (χ2v) is 8.92. The van der Waals surface area contributed by atoms with Gasteiger partial charge in [0.05, 0.1) is 43.3 Å². The van der Waals surface area contributed by atoms with E-state index in [1.54, 1.807) is 0 Å². The van der Waals surface area contributed by atoms with Crippen LogP contribution in [0.25, 0.3) is 11.0 Å². The van der Waals surface area contributed by atoms with Crippen LogP contribution in [0.5, 0.6) is 11.5 Å². The number of aromatic nitrogens is 2. The zero-order chi connectivity index (χ0) is 23.3. The third-order valence-corrected chi connectivity index (χ3v) is 6.13. The summed E-state index contributed by atoms with van der Waals surface area (Å²) < 4.78 is 13.4. The maximum Gasteiger partial charge on any atom is 0.204 e. The predicted molar refractivity (Wildman–Crippen MR) is 134 cm³/mol. The number of nitrogens with one attached hydrogen (secondary N) is 1. The average Bonchev–Trinajstić information content (AvgIpc) is 3.16. The molecule has 6 nitrogen and oxygen atoms in total. The molecule has 3 aromatic carbocycles. The zero-order valence-corrected chi connectivity index (χ0v) is 19.5. The van der Waals surface area contributed by atoms with E-state index in [-0.39, 0.29) is 0 Å². The smallest absolute Gasteiger partial charge is 0.204 e. The van der Waals surface area contributed by atoms with Crippen molar-refractivity contribution < 1.29 is 9.47 Å². The molecule has 34 heavy (non-hydrogen) atoms. The molecule has 1 N–H and O–H groups in total. The first-order valence-corrected chi connectivity index (χ1v) is 11.8. The van der Waals surface area contributed by atoms with Gasteiger partial charge in [0.25, 0.3) is 0 Å². The van der Waals surface area contributed by atoms with Crippen molar-refractivity contribution in [3.8, 4) is 17.6 Å². The van der Waals surface area contributed by atoms with Crippen LogP contribution >= 0.6 is 11.6 Å². The van der Waals surface area contributed by atoms with E-state index in [2.05, 4.69) is 46.3 Å². The Kier molecular flexibility index (Phi) is 6.66. The molecule has 0 unspecified atom stereocenters. The normalized spacial score (nSPS) is 13.4. The van der Waals surface area contributed by atoms with Gasteiger partial charge in [-0.2, -0.15) is 5.26 Å². The van der Waals surface area contributed by atoms with Crippen LogP contribution in [0, 0.1) is 17.2 Å². The van der Waals surface area contributed by atoms with E-state index in [1.165, 1.54) is 5.56 Å². The van der Waals surface area contributed by atoms with Crippen LogP contribution in [-0.2, 0) is 17.7 Å². The van der Waals surface area contributed by atoms with Crippen molar-refractivity contribution in [3.05, 3.63) is 82.9 Å². The number of nitrogens with zero attached hydrogens (tertiary/aromatic N) is 3. The highest BCUT2D eigenvalue weighted by molar-refractivity contribution is 6.30. The summed E-state index contributed by atoms with van der Waals surface area (Å²) in [5.74, 6) is 2.87. The lowest BCUT2D eigenvalue weighted by Crippen LogP contribution is -2.29. The first-order chi connectivity index (χ1) is 16.7. The van der Waals surface area contributed by atoms with E-state index in [9.17, 15) is 0 Å². The summed E-state index contributed by atoms with van der Waals surface area (Å²) in [6, 6.07) is 24.0. The van der Waals surface area contributed by atoms with Crippen molar-refractivity contribution in [2.75, 3.05) is 25.1 Å². The van der Waals surface area contributed by atoms with Crippen LogP contribution in [0.1, 0.15) is 17.5 Å². The molecule has 7 heteroatoms. The zero-order valence-electron chi connectivity index (χ0n) is 18.7. The monoisotopic (exact) mass is 472 g/mol. The SMILES string of the molecule is N#CCCNc1nc2ccc(CC3COC3)cc2n1Cc1ccc(Oc2ccc(Cl)cc2)cc1. The maximum absolute atomic E-state index is 8.94. The van der Waals surface area contributed by atoms with E-state index < -0.39 is 0 Å². The lowest BCUT2D eigenvalue weighted by Gasteiger charge is -2.25. The Hall–Kier alpha value is -3.53. The number of benzene rings is 3. The van der Waals surface area contributed by atoms with Crippen LogP contribution in [0.3, 0.4) is 0 Å². The molecule has 0 saturated carbocycles. The number of halogens is 1. The van der Waals surface area contributed by atoms with Gasteiger partial charge >= 0.3 is 0 Å². The van der Waals surface area contributed by atoms with Gasteiger partial charge < -0.3 is 19.4 Å². The topological polar surface area (TPSA) is 72.1 Å². The van der Waals surface area contributed by atoms with Gasteiger partial charge in [0.15, 0.2) is 0 Å². The molecule has 4 aromatic rings. The second kappa shape index (κ2) is 10.2. The quantitative estimate of drug-likeness (QED) is 0.300. The summed E-state index contributed by atoms with van der Waals surface area (Å²) in [6.07, 6.45) is 1.43. The molecule has 2 heterocycles. The lowest BCUT2D eigenvalue weighted by atomic mass is 9.98. The summed E-state index contributed by atoms with van der Waals surface area (Å²) >= 11 is 5.95. The summed E-state index contributed by atoms with van der Waals surface area (Å²) in [5, 5.41) is 12.9. The first kappa shape index (κ1) is 22.3. The fourth-order valence-corrected chi connectivity index (χ4v) is 4.17. The van der Waals surface area contributed by atoms with Gasteiger partial charge in [-0.15, -0.1) is 0 Å². The molecule has 1 aromatic heterocycles. The molecular formula is C27H25ClN4O2. The second-order valence-electron chi connectivity index (χ2n) is 8.49. The molecule has 172 valence electrons. The Morgan fingerprint density at radius 2 is 1.74 bits per heavy atom. The highest BCUT2D eigenvalue weighted by atomic mass is 35.5. The largest absolute Gasteiger partial charge is 0.457 e. The van der Waals surface area contributed by atoms with Crippen LogP contribution in [0.15, 0.2) is 66.7 Å². The Bertz CT molecular complexity index is 1310. The highest BCUT2D eigenvalue weighted by Gasteiger charge is 2.19. The van der Waals surface area contributed by atoms with Crippen molar-refractivity contribution in [2.45, 2.75) is 19.4 Å². The van der Waals surface area contributed by atoms with Gasteiger partial charge in [-0.3, -0.25) is 0 Å². The standard InChI is InChI=1S/C27H25ClN4O2/c28-22-5-9-24(10-6-22)34-23-7-2-19(3-8-23)16-32-26-15-20(14-21-17-33-18-21)4-11-25(26)31-27(32)30-13-1-12-29/h2-11,15,21H,1,13-14,16-18H2,(H,30,31). The van der Waals surface area contributed by atoms with Crippen molar-refractivity contribution in [3.63, 3.8) is 0 Å². The van der Waals surface area contributed by atoms with Crippen molar-refractivity contribution in [1.29, 1.82) is 5.26 Å². The lowest BCUT2D eigenvalue weighted by molar-refractivity contribution is -0.0312. The third-order valence-electron chi connectivity index (χ3n) is 5.88. The van der Waals surface area contributed by atoms with E-state index in [4.69, 9.17) is 31.3 Å². The Morgan fingerprint density at radius 1 is 1.03 bits per heavy atom. The molecule has 0 radical (unpaired) electrons. The van der Waals surface area contributed by atoms with Gasteiger partial charge in [-0.05, 0) is 66.1 Å². The number of hydrogen-bond donors (Lipinski definition) is 1.